The fraction of sp³-hybridized carbons (Fsp3) is 0.892. The van der Waals surface area contributed by atoms with Crippen LogP contribution in [0.25, 0.3) is 0 Å². The molecule has 0 radical (unpaired) electrons. The van der Waals surface area contributed by atoms with Crippen LogP contribution in [0, 0.1) is 0 Å². The zero-order chi connectivity index (χ0) is 35.1. The first kappa shape index (κ1) is 44.7. The van der Waals surface area contributed by atoms with Crippen molar-refractivity contribution in [2.45, 2.75) is 186 Å². The highest BCUT2D eigenvalue weighted by Crippen LogP contribution is 2.43. The maximum absolute atomic E-state index is 12.5. The molecule has 1 heterocycles. The molecule has 3 N–H and O–H groups in total. The summed E-state index contributed by atoms with van der Waals surface area (Å²) in [7, 11) is -4.37. The third kappa shape index (κ3) is 27.5. The Morgan fingerprint density at radius 3 is 1.92 bits per heavy atom. The molecule has 0 aromatic carbocycles. The molecule has 282 valence electrons. The zero-order valence-corrected chi connectivity index (χ0v) is 31.3. The van der Waals surface area contributed by atoms with E-state index < -0.39 is 26.5 Å². The molecule has 1 aliphatic heterocycles. The molecule has 1 rings (SSSR count). The van der Waals surface area contributed by atoms with Gasteiger partial charge in [0.25, 0.3) is 0 Å². The molecule has 0 aromatic rings. The normalized spacial score (nSPS) is 17.8. The van der Waals surface area contributed by atoms with Crippen molar-refractivity contribution < 1.29 is 42.3 Å². The van der Waals surface area contributed by atoms with E-state index in [1.807, 2.05) is 0 Å². The number of allylic oxidation sites excluding steroid dienone is 1. The number of hydrogen-bond acceptors (Lipinski definition) is 9. The molecule has 0 aromatic heterocycles. The average Bonchev–Trinajstić information content (AvgIpc) is 3.82. The number of carbonyl (C=O) groups is 2. The van der Waals surface area contributed by atoms with Crippen molar-refractivity contribution in [3.63, 3.8) is 0 Å². The second kappa shape index (κ2) is 30.5. The van der Waals surface area contributed by atoms with Crippen LogP contribution in [0.1, 0.15) is 168 Å². The van der Waals surface area contributed by atoms with Gasteiger partial charge in [0.1, 0.15) is 6.61 Å². The van der Waals surface area contributed by atoms with Gasteiger partial charge in [-0.05, 0) is 38.5 Å². The minimum Gasteiger partial charge on any atom is -0.462 e. The number of phosphoric ester groups is 1. The molecule has 1 aliphatic rings. The first-order valence-corrected chi connectivity index (χ1v) is 20.8. The number of nitrogens with two attached hydrogens (primary N) is 1. The topological polar surface area (TPSA) is 147 Å². The quantitative estimate of drug-likeness (QED) is 0.0215. The highest BCUT2D eigenvalue weighted by molar-refractivity contribution is 7.47. The lowest BCUT2D eigenvalue weighted by molar-refractivity contribution is -0.161. The van der Waals surface area contributed by atoms with E-state index in [4.69, 9.17) is 29.0 Å². The summed E-state index contributed by atoms with van der Waals surface area (Å²) >= 11 is 0. The predicted molar refractivity (Wildman–Crippen MR) is 192 cm³/mol. The first-order chi connectivity index (χ1) is 23.3. The van der Waals surface area contributed by atoms with Gasteiger partial charge in [-0.25, -0.2) is 4.57 Å². The second-order valence-corrected chi connectivity index (χ2v) is 14.6. The number of rotatable bonds is 35. The van der Waals surface area contributed by atoms with Crippen LogP contribution in [-0.2, 0) is 37.4 Å². The summed E-state index contributed by atoms with van der Waals surface area (Å²) < 4.78 is 38.4. The van der Waals surface area contributed by atoms with Gasteiger partial charge in [0, 0.05) is 19.4 Å². The van der Waals surface area contributed by atoms with Crippen molar-refractivity contribution >= 4 is 19.8 Å². The van der Waals surface area contributed by atoms with Crippen molar-refractivity contribution in [2.75, 3.05) is 26.4 Å². The number of ether oxygens (including phenoxy) is 3. The number of carbonyl (C=O) groups excluding carboxylic acids is 2. The first-order valence-electron chi connectivity index (χ1n) is 19.3. The van der Waals surface area contributed by atoms with E-state index in [2.05, 4.69) is 26.0 Å². The third-order valence-corrected chi connectivity index (χ3v) is 9.56. The van der Waals surface area contributed by atoms with Gasteiger partial charge < -0.3 is 24.8 Å². The summed E-state index contributed by atoms with van der Waals surface area (Å²) in [5.41, 5.74) is 5.33. The second-order valence-electron chi connectivity index (χ2n) is 13.2. The molecule has 0 amide bonds. The van der Waals surface area contributed by atoms with Crippen LogP contribution in [0.5, 0.6) is 0 Å². The number of hydrogen-bond donors (Lipinski definition) is 2. The average molecular weight is 704 g/mol. The minimum absolute atomic E-state index is 0.0508. The summed E-state index contributed by atoms with van der Waals surface area (Å²) in [5.74, 6) is -0.847. The lowest BCUT2D eigenvalue weighted by atomic mass is 10.1. The molecule has 0 spiro atoms. The van der Waals surface area contributed by atoms with E-state index >= 15 is 0 Å². The van der Waals surface area contributed by atoms with Crippen molar-refractivity contribution in [3.05, 3.63) is 12.2 Å². The van der Waals surface area contributed by atoms with E-state index in [9.17, 15) is 19.0 Å². The van der Waals surface area contributed by atoms with Gasteiger partial charge in [0.05, 0.1) is 25.4 Å². The van der Waals surface area contributed by atoms with Crippen LogP contribution in [0.2, 0.25) is 0 Å². The largest absolute Gasteiger partial charge is 0.472 e. The van der Waals surface area contributed by atoms with Gasteiger partial charge in [-0.2, -0.15) is 0 Å². The molecular formula is C37H70NO9P. The summed E-state index contributed by atoms with van der Waals surface area (Å²) in [6, 6.07) is 0. The smallest absolute Gasteiger partial charge is 0.462 e. The Balaban J connectivity index is 2.21. The van der Waals surface area contributed by atoms with Gasteiger partial charge in [-0.1, -0.05) is 129 Å². The maximum Gasteiger partial charge on any atom is 0.472 e. The Hall–Kier alpha value is -1.29. The van der Waals surface area contributed by atoms with Crippen LogP contribution in [-0.4, -0.2) is 61.5 Å². The number of unbranched alkanes of at least 4 members (excludes halogenated alkanes) is 17. The molecule has 0 bridgehead atoms. The zero-order valence-electron chi connectivity index (χ0n) is 30.4. The minimum atomic E-state index is -4.37. The monoisotopic (exact) mass is 703 g/mol. The molecule has 0 aliphatic carbocycles. The SMILES string of the molecule is CCCCCCCCCCCCCC(=O)OC[C@H](COP(=O)(O)OCCN)OC(=O)CCCCCCC/C=C\CC1OC1CCCCC. The van der Waals surface area contributed by atoms with Gasteiger partial charge in [0.15, 0.2) is 6.10 Å². The van der Waals surface area contributed by atoms with Gasteiger partial charge >= 0.3 is 19.8 Å². The van der Waals surface area contributed by atoms with Crippen LogP contribution in [0.4, 0.5) is 0 Å². The van der Waals surface area contributed by atoms with Crippen molar-refractivity contribution in [3.8, 4) is 0 Å². The summed E-state index contributed by atoms with van der Waals surface area (Å²) in [6.45, 7) is 3.66. The van der Waals surface area contributed by atoms with Crippen molar-refractivity contribution in [1.29, 1.82) is 0 Å². The molecular weight excluding hydrogens is 633 g/mol. The maximum atomic E-state index is 12.5. The van der Waals surface area contributed by atoms with Crippen LogP contribution >= 0.6 is 7.82 Å². The molecule has 10 nitrogen and oxygen atoms in total. The number of phosphoric acid groups is 1. The van der Waals surface area contributed by atoms with Gasteiger partial charge in [-0.15, -0.1) is 0 Å². The number of esters is 2. The van der Waals surface area contributed by atoms with E-state index in [1.165, 1.54) is 77.0 Å². The Morgan fingerprint density at radius 2 is 1.29 bits per heavy atom. The van der Waals surface area contributed by atoms with Gasteiger partial charge in [-0.3, -0.25) is 18.6 Å². The lowest BCUT2D eigenvalue weighted by Crippen LogP contribution is -2.29. The molecule has 48 heavy (non-hydrogen) atoms. The van der Waals surface area contributed by atoms with Gasteiger partial charge in [0.2, 0.25) is 0 Å². The van der Waals surface area contributed by atoms with E-state index in [-0.39, 0.29) is 38.6 Å². The fourth-order valence-corrected chi connectivity index (χ4v) is 6.35. The molecule has 11 heteroatoms. The molecule has 3 unspecified atom stereocenters. The van der Waals surface area contributed by atoms with Crippen LogP contribution < -0.4 is 5.73 Å². The summed E-state index contributed by atoms with van der Waals surface area (Å²) in [5, 5.41) is 0. The Morgan fingerprint density at radius 1 is 0.729 bits per heavy atom. The predicted octanol–water partition coefficient (Wildman–Crippen LogP) is 9.26. The molecule has 1 fully saturated rings. The number of epoxide rings is 1. The Bertz CT molecular complexity index is 872. The van der Waals surface area contributed by atoms with Crippen LogP contribution in [0.15, 0.2) is 12.2 Å². The van der Waals surface area contributed by atoms with E-state index in [1.54, 1.807) is 0 Å². The van der Waals surface area contributed by atoms with E-state index in [0.29, 0.717) is 18.6 Å². The summed E-state index contributed by atoms with van der Waals surface area (Å²) in [6.07, 6.45) is 29.8. The van der Waals surface area contributed by atoms with Crippen molar-refractivity contribution in [1.82, 2.24) is 0 Å². The highest BCUT2D eigenvalue weighted by Gasteiger charge is 2.36. The standard InChI is InChI=1S/C37H70NO9P/c1-3-5-7-8-9-10-11-12-16-19-23-27-36(39)43-31-33(32-45-48(41,42)44-30-29-38)46-37(40)28-24-20-17-14-13-15-18-22-26-35-34(47-35)25-21-6-4-2/h18,22,33-35H,3-17,19-21,23-32,38H2,1-2H3,(H,41,42)/b22-18-/t33-,34?,35?/m1/s1. The molecule has 1 saturated heterocycles. The van der Waals surface area contributed by atoms with E-state index in [0.717, 1.165) is 57.8 Å². The Labute approximate surface area is 292 Å². The highest BCUT2D eigenvalue weighted by atomic mass is 31.2. The lowest BCUT2D eigenvalue weighted by Gasteiger charge is -2.19. The summed E-state index contributed by atoms with van der Waals surface area (Å²) in [4.78, 5) is 34.7. The fourth-order valence-electron chi connectivity index (χ4n) is 5.58. The van der Waals surface area contributed by atoms with Crippen LogP contribution in [0.3, 0.4) is 0 Å². The Kier molecular flexibility index (Phi) is 28.4. The van der Waals surface area contributed by atoms with Crippen molar-refractivity contribution in [2.24, 2.45) is 5.73 Å². The third-order valence-electron chi connectivity index (χ3n) is 8.58. The molecule has 0 saturated carbocycles. The molecule has 4 atom stereocenters.